The monoisotopic (exact) mass is 1090 g/mol. The Balaban J connectivity index is 0.000000134. The number of nitrogens with zero attached hydrogens (tertiary/aromatic N) is 6. The highest BCUT2D eigenvalue weighted by molar-refractivity contribution is 6.36. The van der Waals surface area contributed by atoms with Crippen LogP contribution in [0.2, 0.25) is 10.0 Å². The minimum Gasteiger partial charge on any atom is -0.503 e. The van der Waals surface area contributed by atoms with Gasteiger partial charge in [-0.2, -0.15) is 0 Å². The average molecular weight is 1090 g/mol. The van der Waals surface area contributed by atoms with Crippen molar-refractivity contribution in [2.45, 2.75) is 89.9 Å². The first kappa shape index (κ1) is 54.4. The lowest BCUT2D eigenvalue weighted by Crippen LogP contribution is -2.44. The summed E-state index contributed by atoms with van der Waals surface area (Å²) in [6.07, 6.45) is 6.45. The summed E-state index contributed by atoms with van der Waals surface area (Å²) >= 11 is 12.8. The highest BCUT2D eigenvalue weighted by Crippen LogP contribution is 2.33. The molecule has 3 aliphatic rings. The second kappa shape index (κ2) is 25.2. The molecule has 6 aromatic carbocycles. The van der Waals surface area contributed by atoms with E-state index in [1.807, 2.05) is 86.5 Å². The first-order valence-electron chi connectivity index (χ1n) is 26.5. The summed E-state index contributed by atoms with van der Waals surface area (Å²) in [6, 6.07) is 62.7. The van der Waals surface area contributed by atoms with E-state index in [2.05, 4.69) is 112 Å². The molecule has 6 heterocycles. The highest BCUT2D eigenvalue weighted by Gasteiger charge is 2.30. The summed E-state index contributed by atoms with van der Waals surface area (Å²) in [5.74, 6) is -0.583. The summed E-state index contributed by atoms with van der Waals surface area (Å²) < 4.78 is 5.98. The average Bonchev–Trinajstić information content (AvgIpc) is 3.47. The van der Waals surface area contributed by atoms with Gasteiger partial charge in [0, 0.05) is 122 Å². The minimum absolute atomic E-state index is 0.171. The van der Waals surface area contributed by atoms with Gasteiger partial charge in [0.15, 0.2) is 17.2 Å². The predicted molar refractivity (Wildman–Crippen MR) is 311 cm³/mol. The van der Waals surface area contributed by atoms with E-state index < -0.39 is 0 Å². The van der Waals surface area contributed by atoms with Gasteiger partial charge in [-0.1, -0.05) is 181 Å². The number of hydrogen-bond acceptors (Lipinski definition) is 9. The molecule has 0 radical (unpaired) electrons. The molecular weight excluding hydrogens is 1030 g/mol. The number of halogens is 2. The number of benzene rings is 6. The van der Waals surface area contributed by atoms with Gasteiger partial charge in [-0.3, -0.25) is 29.1 Å². The molecule has 3 aliphatic heterocycles. The molecule has 3 unspecified atom stereocenters. The van der Waals surface area contributed by atoms with Crippen LogP contribution in [0.5, 0.6) is 17.2 Å². The standard InChI is InChI=1S/C22H20Cl2N2O2.C22H22N2O2.C21H20N2O2/c23-19-7-4-8-20(24)18(19)13-25-12-17-10-21(27)22(28)14-26(17)11-16(25)9-15-5-2-1-3-6-15;25-21-12-20-15-23(13-18-9-5-2-6-10-18)19(14-24(20)16-22(21)26)11-17-7-3-1-4-8-17;24-20-11-18-13-23(12-16-7-3-1-4-8-16)19(14-22(18)15-21(20)25)17-9-5-2-6-10-17/h1-8,10,14,16,28H,9,11-13H2;1-10,12,16,19,26H,11,13-15H2;1-11,15,19,25H,12-14H2. The number of rotatable bonds is 11. The lowest BCUT2D eigenvalue weighted by Gasteiger charge is -2.38. The molecule has 0 spiro atoms. The molecule has 402 valence electrons. The highest BCUT2D eigenvalue weighted by atomic mass is 35.5. The van der Waals surface area contributed by atoms with Crippen LogP contribution in [0.15, 0.2) is 221 Å². The van der Waals surface area contributed by atoms with Crippen molar-refractivity contribution in [2.75, 3.05) is 0 Å². The third-order valence-corrected chi connectivity index (χ3v) is 15.7. The van der Waals surface area contributed by atoms with Gasteiger partial charge in [-0.15, -0.1) is 0 Å². The van der Waals surface area contributed by atoms with E-state index in [9.17, 15) is 29.7 Å². The van der Waals surface area contributed by atoms with Crippen LogP contribution in [0.3, 0.4) is 0 Å². The van der Waals surface area contributed by atoms with E-state index in [1.54, 1.807) is 24.5 Å². The fourth-order valence-electron chi connectivity index (χ4n) is 10.9. The van der Waals surface area contributed by atoms with Crippen molar-refractivity contribution in [3.63, 3.8) is 0 Å². The summed E-state index contributed by atoms with van der Waals surface area (Å²) in [4.78, 5) is 42.7. The van der Waals surface area contributed by atoms with Crippen LogP contribution < -0.4 is 16.3 Å². The third kappa shape index (κ3) is 13.7. The molecular formula is C65H62Cl2N6O6. The topological polar surface area (TPSA) is 136 Å². The molecule has 0 fully saturated rings. The maximum absolute atomic E-state index is 11.9. The van der Waals surface area contributed by atoms with E-state index in [0.717, 1.165) is 55.1 Å². The van der Waals surface area contributed by atoms with Crippen LogP contribution in [-0.4, -0.2) is 55.8 Å². The Morgan fingerprint density at radius 3 is 1.15 bits per heavy atom. The van der Waals surface area contributed by atoms with Crippen molar-refractivity contribution in [1.29, 1.82) is 0 Å². The number of aromatic hydroxyl groups is 3. The second-order valence-corrected chi connectivity index (χ2v) is 21.3. The van der Waals surface area contributed by atoms with Crippen molar-refractivity contribution in [3.8, 4) is 17.2 Å². The van der Waals surface area contributed by atoms with E-state index in [0.29, 0.717) is 55.4 Å². The van der Waals surface area contributed by atoms with Crippen LogP contribution in [0.4, 0.5) is 0 Å². The largest absolute Gasteiger partial charge is 0.503 e. The molecule has 0 aliphatic carbocycles. The second-order valence-electron chi connectivity index (χ2n) is 20.5. The van der Waals surface area contributed by atoms with Gasteiger partial charge < -0.3 is 29.0 Å². The van der Waals surface area contributed by atoms with Gasteiger partial charge in [0.25, 0.3) is 0 Å². The Kier molecular flexibility index (Phi) is 17.4. The van der Waals surface area contributed by atoms with Crippen LogP contribution in [0.25, 0.3) is 0 Å². The minimum atomic E-state index is -0.358. The molecule has 0 amide bonds. The lowest BCUT2D eigenvalue weighted by molar-refractivity contribution is 0.128. The van der Waals surface area contributed by atoms with Crippen LogP contribution in [-0.2, 0) is 71.7 Å². The number of fused-ring (bicyclic) bond motifs is 3. The van der Waals surface area contributed by atoms with Crippen molar-refractivity contribution >= 4 is 23.2 Å². The lowest BCUT2D eigenvalue weighted by atomic mass is 10.0. The summed E-state index contributed by atoms with van der Waals surface area (Å²) in [7, 11) is 0. The summed E-state index contributed by atoms with van der Waals surface area (Å²) in [6.45, 7) is 6.32. The van der Waals surface area contributed by atoms with E-state index in [1.165, 1.54) is 40.1 Å². The molecule has 9 aromatic rings. The Hall–Kier alpha value is -7.97. The Bertz CT molecular complexity index is 3660. The van der Waals surface area contributed by atoms with Crippen molar-refractivity contribution in [2.24, 2.45) is 0 Å². The molecule has 14 heteroatoms. The van der Waals surface area contributed by atoms with Gasteiger partial charge in [-0.25, -0.2) is 0 Å². The first-order chi connectivity index (χ1) is 38.4. The molecule has 0 bridgehead atoms. The maximum atomic E-state index is 11.9. The number of aromatic nitrogens is 3. The number of hydrogen-bond donors (Lipinski definition) is 3. The zero-order valence-electron chi connectivity index (χ0n) is 43.6. The third-order valence-electron chi connectivity index (χ3n) is 15.0. The van der Waals surface area contributed by atoms with Crippen molar-refractivity contribution < 1.29 is 15.3 Å². The van der Waals surface area contributed by atoms with Crippen molar-refractivity contribution in [1.82, 2.24) is 28.4 Å². The smallest absolute Gasteiger partial charge is 0.223 e. The van der Waals surface area contributed by atoms with Gasteiger partial charge in [-0.05, 0) is 52.8 Å². The van der Waals surface area contributed by atoms with Crippen molar-refractivity contribution in [3.05, 3.63) is 298 Å². The van der Waals surface area contributed by atoms with Crippen LogP contribution >= 0.6 is 23.2 Å². The molecule has 12 nitrogen and oxygen atoms in total. The molecule has 79 heavy (non-hydrogen) atoms. The predicted octanol–water partition coefficient (Wildman–Crippen LogP) is 11.0. The quantitative estimate of drug-likeness (QED) is 0.116. The Morgan fingerprint density at radius 2 is 0.734 bits per heavy atom. The van der Waals surface area contributed by atoms with Gasteiger partial charge >= 0.3 is 0 Å². The van der Waals surface area contributed by atoms with Crippen LogP contribution in [0.1, 0.15) is 56.5 Å². The number of pyridine rings is 3. The molecule has 3 N–H and O–H groups in total. The fraction of sp³-hybridized carbons (Fsp3) is 0.215. The SMILES string of the molecule is O=c1cc2n(cc1O)CC(Cc1ccccc1)N(Cc1c(Cl)cccc1Cl)C2.O=c1cc2n(cc1O)CC(Cc1ccccc1)N(Cc1ccccc1)C2.O=c1cc2n(cc1O)CC(c1ccccc1)N(Cc1ccccc1)C2. The molecule has 0 saturated heterocycles. The summed E-state index contributed by atoms with van der Waals surface area (Å²) in [5, 5.41) is 30.7. The molecule has 3 aromatic heterocycles. The molecule has 0 saturated carbocycles. The van der Waals surface area contributed by atoms with Gasteiger partial charge in [0.05, 0.1) is 24.6 Å². The summed E-state index contributed by atoms with van der Waals surface area (Å²) in [5.41, 5.74) is 8.94. The maximum Gasteiger partial charge on any atom is 0.223 e. The van der Waals surface area contributed by atoms with Gasteiger partial charge in [0.1, 0.15) is 0 Å². The van der Waals surface area contributed by atoms with E-state index in [-0.39, 0.29) is 45.6 Å². The molecule has 12 rings (SSSR count). The Labute approximate surface area is 469 Å². The van der Waals surface area contributed by atoms with E-state index >= 15 is 0 Å². The zero-order chi connectivity index (χ0) is 54.8. The zero-order valence-corrected chi connectivity index (χ0v) is 45.2. The van der Waals surface area contributed by atoms with E-state index in [4.69, 9.17) is 23.2 Å². The van der Waals surface area contributed by atoms with Crippen LogP contribution in [0, 0.1) is 0 Å². The fourth-order valence-corrected chi connectivity index (χ4v) is 11.4. The Morgan fingerprint density at radius 1 is 0.392 bits per heavy atom. The first-order valence-corrected chi connectivity index (χ1v) is 27.3. The normalized spacial score (nSPS) is 17.0. The van der Waals surface area contributed by atoms with Gasteiger partial charge in [0.2, 0.25) is 16.3 Å². The molecule has 3 atom stereocenters.